The Hall–Kier alpha value is -3.13. The summed E-state index contributed by atoms with van der Waals surface area (Å²) in [5.41, 5.74) is 2.04. The van der Waals surface area contributed by atoms with Crippen LogP contribution in [0.1, 0.15) is 31.2 Å². The molecule has 0 unspecified atom stereocenters. The number of piperidine rings is 1. The predicted octanol–water partition coefficient (Wildman–Crippen LogP) is 3.04. The van der Waals surface area contributed by atoms with Gasteiger partial charge in [-0.1, -0.05) is 42.5 Å². The van der Waals surface area contributed by atoms with E-state index >= 15 is 0 Å². The normalized spacial score (nSPS) is 15.1. The Morgan fingerprint density at radius 2 is 1.81 bits per heavy atom. The number of halogens is 1. The summed E-state index contributed by atoms with van der Waals surface area (Å²) in [5.74, 6) is 0.458. The van der Waals surface area contributed by atoms with E-state index in [1.54, 1.807) is 4.80 Å². The Bertz CT molecular complexity index is 967. The summed E-state index contributed by atoms with van der Waals surface area (Å²) < 4.78 is 13.0. The molecule has 0 saturated carbocycles. The summed E-state index contributed by atoms with van der Waals surface area (Å²) >= 11 is 0. The van der Waals surface area contributed by atoms with Crippen molar-refractivity contribution < 1.29 is 9.18 Å². The number of likely N-dealkylation sites (tertiary alicyclic amines) is 1. The highest BCUT2D eigenvalue weighted by atomic mass is 19.1. The summed E-state index contributed by atoms with van der Waals surface area (Å²) in [6.45, 7) is 3.22. The van der Waals surface area contributed by atoms with Crippen LogP contribution in [-0.4, -0.2) is 50.1 Å². The van der Waals surface area contributed by atoms with Crippen LogP contribution in [0.3, 0.4) is 0 Å². The van der Waals surface area contributed by atoms with Gasteiger partial charge in [0.2, 0.25) is 11.7 Å². The van der Waals surface area contributed by atoms with Crippen molar-refractivity contribution in [1.29, 1.82) is 0 Å². The van der Waals surface area contributed by atoms with E-state index in [-0.39, 0.29) is 17.8 Å². The number of benzene rings is 2. The number of hydrogen-bond acceptors (Lipinski definition) is 5. The van der Waals surface area contributed by atoms with Crippen LogP contribution in [0.15, 0.2) is 54.6 Å². The van der Waals surface area contributed by atoms with Crippen LogP contribution in [0.5, 0.6) is 0 Å². The van der Waals surface area contributed by atoms with E-state index in [0.717, 1.165) is 43.6 Å². The third kappa shape index (κ3) is 6.18. The monoisotopic (exact) mass is 422 g/mol. The molecule has 8 heteroatoms. The largest absolute Gasteiger partial charge is 0.353 e. The molecular weight excluding hydrogens is 395 g/mol. The number of hydrogen-bond donors (Lipinski definition) is 1. The minimum atomic E-state index is -0.207. The number of rotatable bonds is 8. The van der Waals surface area contributed by atoms with Crippen LogP contribution < -0.4 is 5.32 Å². The topological polar surface area (TPSA) is 75.9 Å². The summed E-state index contributed by atoms with van der Waals surface area (Å²) in [6.07, 6.45) is 2.97. The van der Waals surface area contributed by atoms with E-state index in [1.165, 1.54) is 12.1 Å². The quantitative estimate of drug-likeness (QED) is 0.604. The van der Waals surface area contributed by atoms with Gasteiger partial charge in [-0.2, -0.15) is 4.80 Å². The van der Waals surface area contributed by atoms with E-state index in [0.29, 0.717) is 25.2 Å². The molecule has 1 saturated heterocycles. The third-order valence-electron chi connectivity index (χ3n) is 5.52. The number of aromatic nitrogens is 4. The van der Waals surface area contributed by atoms with Crippen molar-refractivity contribution in [2.75, 3.05) is 13.1 Å². The van der Waals surface area contributed by atoms with Gasteiger partial charge in [-0.05, 0) is 42.2 Å². The Morgan fingerprint density at radius 1 is 1.06 bits per heavy atom. The molecule has 0 atom stereocenters. The fraction of sp³-hybridized carbons (Fsp3) is 0.391. The molecule has 1 fully saturated rings. The van der Waals surface area contributed by atoms with Crippen LogP contribution >= 0.6 is 0 Å². The third-order valence-corrected chi connectivity index (χ3v) is 5.52. The van der Waals surface area contributed by atoms with Crippen LogP contribution in [-0.2, 0) is 17.9 Å². The molecule has 1 aromatic heterocycles. The minimum Gasteiger partial charge on any atom is -0.353 e. The highest BCUT2D eigenvalue weighted by Crippen LogP contribution is 2.15. The van der Waals surface area contributed by atoms with Gasteiger partial charge in [-0.15, -0.1) is 10.2 Å². The van der Waals surface area contributed by atoms with Gasteiger partial charge in [0.05, 0.1) is 6.54 Å². The number of nitrogens with one attached hydrogen (secondary N) is 1. The van der Waals surface area contributed by atoms with Gasteiger partial charge in [-0.3, -0.25) is 9.69 Å². The number of amides is 1. The number of carbonyl (C=O) groups excluding carboxylic acids is 1. The van der Waals surface area contributed by atoms with Crippen molar-refractivity contribution in [1.82, 2.24) is 30.4 Å². The van der Waals surface area contributed by atoms with E-state index < -0.39 is 0 Å². The molecule has 1 aliphatic rings. The maximum Gasteiger partial charge on any atom is 0.220 e. The van der Waals surface area contributed by atoms with E-state index in [1.807, 2.05) is 42.5 Å². The summed E-state index contributed by atoms with van der Waals surface area (Å²) in [6, 6.07) is 16.6. The molecule has 0 spiro atoms. The second-order valence-electron chi connectivity index (χ2n) is 7.92. The molecule has 2 aromatic carbocycles. The van der Waals surface area contributed by atoms with E-state index in [2.05, 4.69) is 25.6 Å². The highest BCUT2D eigenvalue weighted by Gasteiger charge is 2.20. The first-order valence-electron chi connectivity index (χ1n) is 10.7. The lowest BCUT2D eigenvalue weighted by atomic mass is 10.0. The van der Waals surface area contributed by atoms with Crippen LogP contribution in [0.4, 0.5) is 4.39 Å². The molecule has 3 aromatic rings. The first kappa shape index (κ1) is 21.1. The fourth-order valence-electron chi connectivity index (χ4n) is 3.81. The molecular formula is C23H27FN6O. The van der Waals surface area contributed by atoms with Crippen LogP contribution in [0.25, 0.3) is 11.4 Å². The van der Waals surface area contributed by atoms with Gasteiger partial charge < -0.3 is 5.32 Å². The number of aryl methyl sites for hydroxylation is 1. The molecule has 162 valence electrons. The Morgan fingerprint density at radius 3 is 2.55 bits per heavy atom. The van der Waals surface area contributed by atoms with Crippen molar-refractivity contribution in [3.63, 3.8) is 0 Å². The second-order valence-corrected chi connectivity index (χ2v) is 7.92. The average molecular weight is 423 g/mol. The van der Waals surface area contributed by atoms with E-state index in [9.17, 15) is 9.18 Å². The lowest BCUT2D eigenvalue weighted by molar-refractivity contribution is -0.122. The zero-order valence-electron chi connectivity index (χ0n) is 17.5. The lowest BCUT2D eigenvalue weighted by Crippen LogP contribution is -2.44. The molecule has 0 radical (unpaired) electrons. The van der Waals surface area contributed by atoms with Crippen molar-refractivity contribution in [3.8, 4) is 11.4 Å². The standard InChI is InChI=1S/C23H27FN6O/c24-20-10-8-18(9-11-20)17-29-15-12-21(13-16-29)25-22(31)7-4-14-30-27-23(26-28-30)19-5-2-1-3-6-19/h1-3,5-6,8-11,21H,4,7,12-17H2,(H,25,31). The Kier molecular flexibility index (Phi) is 6.99. The summed E-state index contributed by atoms with van der Waals surface area (Å²) in [7, 11) is 0. The van der Waals surface area contributed by atoms with Crippen molar-refractivity contribution in [3.05, 3.63) is 66.0 Å². The van der Waals surface area contributed by atoms with Crippen molar-refractivity contribution in [2.45, 2.75) is 44.8 Å². The molecule has 4 rings (SSSR count). The Balaban J connectivity index is 1.14. The van der Waals surface area contributed by atoms with Gasteiger partial charge in [0.25, 0.3) is 0 Å². The molecule has 1 aliphatic heterocycles. The molecule has 0 bridgehead atoms. The van der Waals surface area contributed by atoms with Crippen molar-refractivity contribution in [2.24, 2.45) is 0 Å². The fourth-order valence-corrected chi connectivity index (χ4v) is 3.81. The predicted molar refractivity (Wildman–Crippen MR) is 115 cm³/mol. The SMILES string of the molecule is O=C(CCCn1nnc(-c2ccccc2)n1)NC1CCN(Cc2ccc(F)cc2)CC1. The van der Waals surface area contributed by atoms with Crippen LogP contribution in [0, 0.1) is 5.82 Å². The maximum atomic E-state index is 13.0. The maximum absolute atomic E-state index is 13.0. The zero-order chi connectivity index (χ0) is 21.5. The smallest absolute Gasteiger partial charge is 0.220 e. The lowest BCUT2D eigenvalue weighted by Gasteiger charge is -2.32. The summed E-state index contributed by atoms with van der Waals surface area (Å²) in [4.78, 5) is 16.2. The van der Waals surface area contributed by atoms with Gasteiger partial charge in [0.15, 0.2) is 0 Å². The number of carbonyl (C=O) groups is 1. The second kappa shape index (κ2) is 10.3. The first-order chi connectivity index (χ1) is 15.2. The molecule has 2 heterocycles. The highest BCUT2D eigenvalue weighted by molar-refractivity contribution is 5.76. The van der Waals surface area contributed by atoms with Crippen LogP contribution in [0.2, 0.25) is 0 Å². The van der Waals surface area contributed by atoms with Gasteiger partial charge in [-0.25, -0.2) is 4.39 Å². The minimum absolute atomic E-state index is 0.0698. The van der Waals surface area contributed by atoms with Gasteiger partial charge in [0.1, 0.15) is 5.82 Å². The molecule has 0 aliphatic carbocycles. The van der Waals surface area contributed by atoms with E-state index in [4.69, 9.17) is 0 Å². The first-order valence-corrected chi connectivity index (χ1v) is 10.7. The summed E-state index contributed by atoms with van der Waals surface area (Å²) in [5, 5.41) is 15.7. The molecule has 1 N–H and O–H groups in total. The Labute approximate surface area is 181 Å². The molecule has 1 amide bonds. The molecule has 31 heavy (non-hydrogen) atoms. The zero-order valence-corrected chi connectivity index (χ0v) is 17.5. The average Bonchev–Trinajstić information content (AvgIpc) is 3.26. The van der Waals surface area contributed by atoms with Gasteiger partial charge in [0, 0.05) is 37.7 Å². The van der Waals surface area contributed by atoms with Crippen molar-refractivity contribution >= 4 is 5.91 Å². The number of nitrogens with zero attached hydrogens (tertiary/aromatic N) is 5. The van der Waals surface area contributed by atoms with Gasteiger partial charge >= 0.3 is 0 Å². The molecule has 7 nitrogen and oxygen atoms in total. The number of tetrazole rings is 1.